The van der Waals surface area contributed by atoms with Crippen molar-refractivity contribution >= 4 is 11.8 Å². The Balaban J connectivity index is 4.08. The number of nitrogens with one attached hydrogen (secondary N) is 1. The van der Waals surface area contributed by atoms with Crippen LogP contribution in [0.4, 0.5) is 0 Å². The van der Waals surface area contributed by atoms with E-state index in [1.165, 1.54) is 5.75 Å². The van der Waals surface area contributed by atoms with Crippen molar-refractivity contribution in [3.8, 4) is 0 Å². The molecule has 0 bridgehead atoms. The van der Waals surface area contributed by atoms with Crippen LogP contribution in [0.1, 0.15) is 27.2 Å². The second-order valence-electron chi connectivity index (χ2n) is 5.00. The highest BCUT2D eigenvalue weighted by molar-refractivity contribution is 7.98. The normalized spacial score (nSPS) is 14.3. The highest BCUT2D eigenvalue weighted by Gasteiger charge is 2.28. The minimum absolute atomic E-state index is 0.101. The van der Waals surface area contributed by atoms with Crippen LogP contribution in [0.15, 0.2) is 0 Å². The summed E-state index contributed by atoms with van der Waals surface area (Å²) in [4.78, 5) is 2.40. The monoisotopic (exact) mass is 262 g/mol. The van der Waals surface area contributed by atoms with E-state index in [9.17, 15) is 0 Å². The average molecular weight is 262 g/mol. The highest BCUT2D eigenvalue weighted by Crippen LogP contribution is 2.17. The van der Waals surface area contributed by atoms with Crippen molar-refractivity contribution in [2.45, 2.75) is 38.8 Å². The van der Waals surface area contributed by atoms with Crippen molar-refractivity contribution in [3.05, 3.63) is 0 Å². The lowest BCUT2D eigenvalue weighted by molar-refractivity contribution is -0.0138. The van der Waals surface area contributed by atoms with Crippen LogP contribution >= 0.6 is 11.8 Å². The molecule has 0 aromatic rings. The molecule has 0 aliphatic carbocycles. The number of hydrogen-bond donors (Lipinski definition) is 1. The first-order chi connectivity index (χ1) is 7.97. The number of likely N-dealkylation sites (N-methyl/N-ethyl adjacent to an activating group) is 1. The molecule has 0 rings (SSSR count). The van der Waals surface area contributed by atoms with Gasteiger partial charge < -0.3 is 15.0 Å². The summed E-state index contributed by atoms with van der Waals surface area (Å²) in [5.74, 6) is 1.20. The zero-order valence-corrected chi connectivity index (χ0v) is 13.2. The summed E-state index contributed by atoms with van der Waals surface area (Å²) in [6.45, 7) is 9.73. The standard InChI is InChI=1S/C13H30N2OS/c1-7-14-12(13(2,3)16-5)8-9-15(4)10-11-17-6/h12,14H,7-11H2,1-6H3. The van der Waals surface area contributed by atoms with Crippen molar-refractivity contribution in [1.29, 1.82) is 0 Å². The zero-order valence-electron chi connectivity index (χ0n) is 12.4. The molecule has 3 nitrogen and oxygen atoms in total. The third-order valence-corrected chi connectivity index (χ3v) is 3.88. The Labute approximate surface area is 112 Å². The fraction of sp³-hybridized carbons (Fsp3) is 1.00. The topological polar surface area (TPSA) is 24.5 Å². The van der Waals surface area contributed by atoms with Crippen LogP contribution in [0.3, 0.4) is 0 Å². The second-order valence-corrected chi connectivity index (χ2v) is 5.99. The van der Waals surface area contributed by atoms with Gasteiger partial charge in [-0.3, -0.25) is 0 Å². The summed E-state index contributed by atoms with van der Waals surface area (Å²) < 4.78 is 5.58. The predicted octanol–water partition coefficient (Wildman–Crippen LogP) is 2.07. The van der Waals surface area contributed by atoms with Gasteiger partial charge in [0.1, 0.15) is 0 Å². The molecule has 0 radical (unpaired) electrons. The van der Waals surface area contributed by atoms with E-state index in [0.29, 0.717) is 6.04 Å². The van der Waals surface area contributed by atoms with Crippen LogP contribution in [0, 0.1) is 0 Å². The Bertz CT molecular complexity index is 188. The lowest BCUT2D eigenvalue weighted by Gasteiger charge is -2.34. The molecular weight excluding hydrogens is 232 g/mol. The summed E-state index contributed by atoms with van der Waals surface area (Å²) >= 11 is 1.90. The van der Waals surface area contributed by atoms with Gasteiger partial charge in [0.15, 0.2) is 0 Å². The van der Waals surface area contributed by atoms with E-state index in [0.717, 1.165) is 26.1 Å². The van der Waals surface area contributed by atoms with Gasteiger partial charge in [-0.2, -0.15) is 11.8 Å². The Kier molecular flexibility index (Phi) is 9.32. The Hall–Kier alpha value is 0.230. The van der Waals surface area contributed by atoms with Crippen LogP contribution in [-0.2, 0) is 4.74 Å². The van der Waals surface area contributed by atoms with Crippen molar-refractivity contribution in [1.82, 2.24) is 10.2 Å². The van der Waals surface area contributed by atoms with Crippen molar-refractivity contribution < 1.29 is 4.74 Å². The van der Waals surface area contributed by atoms with E-state index in [4.69, 9.17) is 4.74 Å². The van der Waals surface area contributed by atoms with Gasteiger partial charge in [-0.25, -0.2) is 0 Å². The van der Waals surface area contributed by atoms with Crippen molar-refractivity contribution in [3.63, 3.8) is 0 Å². The van der Waals surface area contributed by atoms with Crippen LogP contribution in [0.2, 0.25) is 0 Å². The average Bonchev–Trinajstić information content (AvgIpc) is 2.31. The van der Waals surface area contributed by atoms with Crippen molar-refractivity contribution in [2.24, 2.45) is 0 Å². The van der Waals surface area contributed by atoms with Crippen LogP contribution in [-0.4, -0.2) is 62.3 Å². The second kappa shape index (κ2) is 9.20. The molecule has 0 aromatic heterocycles. The van der Waals surface area contributed by atoms with Gasteiger partial charge in [0.25, 0.3) is 0 Å². The van der Waals surface area contributed by atoms with Gasteiger partial charge in [0, 0.05) is 25.4 Å². The van der Waals surface area contributed by atoms with Crippen LogP contribution in [0.5, 0.6) is 0 Å². The fourth-order valence-corrected chi connectivity index (χ4v) is 2.29. The Morgan fingerprint density at radius 1 is 1.35 bits per heavy atom. The molecule has 0 spiro atoms. The van der Waals surface area contributed by atoms with Gasteiger partial charge >= 0.3 is 0 Å². The molecule has 0 aromatic carbocycles. The largest absolute Gasteiger partial charge is 0.377 e. The van der Waals surface area contributed by atoms with E-state index in [2.05, 4.69) is 44.3 Å². The summed E-state index contributed by atoms with van der Waals surface area (Å²) in [5, 5.41) is 3.53. The SMILES string of the molecule is CCNC(CCN(C)CCSC)C(C)(C)OC. The number of nitrogens with zero attached hydrogens (tertiary/aromatic N) is 1. The summed E-state index contributed by atoms with van der Waals surface area (Å²) in [7, 11) is 3.99. The molecule has 0 saturated heterocycles. The van der Waals surface area contributed by atoms with Gasteiger partial charge in [0.2, 0.25) is 0 Å². The number of methoxy groups -OCH3 is 1. The Morgan fingerprint density at radius 2 is 2.00 bits per heavy atom. The van der Waals surface area contributed by atoms with E-state index in [-0.39, 0.29) is 5.60 Å². The zero-order chi connectivity index (χ0) is 13.3. The van der Waals surface area contributed by atoms with E-state index < -0.39 is 0 Å². The smallest absolute Gasteiger partial charge is 0.0775 e. The van der Waals surface area contributed by atoms with Crippen molar-refractivity contribution in [2.75, 3.05) is 45.8 Å². The van der Waals surface area contributed by atoms with Gasteiger partial charge in [0.05, 0.1) is 5.60 Å². The van der Waals surface area contributed by atoms with Gasteiger partial charge in [-0.1, -0.05) is 6.92 Å². The molecular formula is C13H30N2OS. The predicted molar refractivity (Wildman–Crippen MR) is 79.0 cm³/mol. The highest BCUT2D eigenvalue weighted by atomic mass is 32.2. The molecule has 0 amide bonds. The maximum absolute atomic E-state index is 5.58. The number of hydrogen-bond acceptors (Lipinski definition) is 4. The Morgan fingerprint density at radius 3 is 2.47 bits per heavy atom. The first-order valence-electron chi connectivity index (χ1n) is 6.44. The fourth-order valence-electron chi connectivity index (χ4n) is 1.79. The minimum Gasteiger partial charge on any atom is -0.377 e. The minimum atomic E-state index is -0.101. The molecule has 1 unspecified atom stereocenters. The lowest BCUT2D eigenvalue weighted by Crippen LogP contribution is -2.49. The summed E-state index contributed by atoms with van der Waals surface area (Å²) in [5.41, 5.74) is -0.101. The third-order valence-electron chi connectivity index (χ3n) is 3.29. The van der Waals surface area contributed by atoms with E-state index in [1.54, 1.807) is 7.11 Å². The van der Waals surface area contributed by atoms with Crippen LogP contribution < -0.4 is 5.32 Å². The molecule has 1 atom stereocenters. The maximum Gasteiger partial charge on any atom is 0.0775 e. The number of ether oxygens (including phenoxy) is 1. The molecule has 17 heavy (non-hydrogen) atoms. The van der Waals surface area contributed by atoms with Gasteiger partial charge in [-0.15, -0.1) is 0 Å². The third kappa shape index (κ3) is 7.29. The lowest BCUT2D eigenvalue weighted by atomic mass is 9.95. The molecule has 4 heteroatoms. The molecule has 0 heterocycles. The molecule has 0 saturated carbocycles. The van der Waals surface area contributed by atoms with Gasteiger partial charge in [-0.05, 0) is 46.7 Å². The molecule has 0 aliphatic heterocycles. The first kappa shape index (κ1) is 17.2. The van der Waals surface area contributed by atoms with E-state index >= 15 is 0 Å². The molecule has 1 N–H and O–H groups in total. The quantitative estimate of drug-likeness (QED) is 0.651. The molecule has 0 fully saturated rings. The summed E-state index contributed by atoms with van der Waals surface area (Å²) in [6.07, 6.45) is 3.28. The first-order valence-corrected chi connectivity index (χ1v) is 7.83. The van der Waals surface area contributed by atoms with Crippen LogP contribution in [0.25, 0.3) is 0 Å². The maximum atomic E-state index is 5.58. The molecule has 0 aliphatic rings. The van der Waals surface area contributed by atoms with E-state index in [1.807, 2.05) is 11.8 Å². The number of thioether (sulfide) groups is 1. The number of rotatable bonds is 10. The molecule has 104 valence electrons. The summed E-state index contributed by atoms with van der Waals surface area (Å²) in [6, 6.07) is 0.411.